The second-order valence-electron chi connectivity index (χ2n) is 9.49. The molecule has 2 rings (SSSR count). The number of hydrogen-bond donors (Lipinski definition) is 0. The third-order valence-corrected chi connectivity index (χ3v) is 9.09. The first-order valence-electron chi connectivity index (χ1n) is 11.7. The first-order chi connectivity index (χ1) is 15.1. The second-order valence-corrected chi connectivity index (χ2v) is 13.0. The quantitative estimate of drug-likeness (QED) is 0.197. The van der Waals surface area contributed by atoms with Crippen LogP contribution in [0.4, 0.5) is 0 Å². The lowest BCUT2D eigenvalue weighted by Gasteiger charge is -2.33. The lowest BCUT2D eigenvalue weighted by molar-refractivity contribution is 0.377. The molecule has 32 heavy (non-hydrogen) atoms. The third-order valence-electron chi connectivity index (χ3n) is 6.25. The van der Waals surface area contributed by atoms with Crippen molar-refractivity contribution in [2.24, 2.45) is 5.41 Å². The van der Waals surface area contributed by atoms with Crippen LogP contribution < -0.4 is 0 Å². The zero-order chi connectivity index (χ0) is 23.8. The molecule has 4 heteroatoms. The molecule has 1 atom stereocenters. The van der Waals surface area contributed by atoms with Gasteiger partial charge in [0.15, 0.2) is 9.84 Å². The number of benzene rings is 1. The van der Waals surface area contributed by atoms with Crippen molar-refractivity contribution in [1.82, 2.24) is 0 Å². The Morgan fingerprint density at radius 2 is 1.88 bits per heavy atom. The van der Waals surface area contributed by atoms with Crippen molar-refractivity contribution < 1.29 is 8.42 Å². The van der Waals surface area contributed by atoms with E-state index < -0.39 is 15.1 Å². The van der Waals surface area contributed by atoms with Crippen LogP contribution in [-0.4, -0.2) is 25.2 Å². The van der Waals surface area contributed by atoms with E-state index in [2.05, 4.69) is 45.9 Å². The summed E-state index contributed by atoms with van der Waals surface area (Å²) in [4.78, 5) is 0.390. The Balaban J connectivity index is 2.36. The minimum atomic E-state index is -3.47. The van der Waals surface area contributed by atoms with Crippen LogP contribution >= 0.6 is 11.8 Å². The number of thioether (sulfide) groups is 1. The van der Waals surface area contributed by atoms with Gasteiger partial charge in [-0.25, -0.2) is 8.42 Å². The van der Waals surface area contributed by atoms with Gasteiger partial charge in [0.25, 0.3) is 0 Å². The lowest BCUT2D eigenvalue weighted by Crippen LogP contribution is -2.20. The average Bonchev–Trinajstić information content (AvgIpc) is 2.73. The minimum absolute atomic E-state index is 0.172. The smallest absolute Gasteiger partial charge is 0.185 e. The summed E-state index contributed by atoms with van der Waals surface area (Å²) in [5.41, 5.74) is 5.13. The number of allylic oxidation sites excluding steroid dienone is 6. The summed E-state index contributed by atoms with van der Waals surface area (Å²) in [5.74, 6) is 1.98. The molecular weight excluding hydrogens is 432 g/mol. The molecule has 0 radical (unpaired) electrons. The Morgan fingerprint density at radius 3 is 2.50 bits per heavy atom. The van der Waals surface area contributed by atoms with Gasteiger partial charge >= 0.3 is 0 Å². The van der Waals surface area contributed by atoms with Crippen LogP contribution in [-0.2, 0) is 9.84 Å². The van der Waals surface area contributed by atoms with Gasteiger partial charge in [0, 0.05) is 5.75 Å². The molecule has 0 aliphatic heterocycles. The van der Waals surface area contributed by atoms with E-state index in [9.17, 15) is 8.42 Å². The molecule has 0 saturated heterocycles. The monoisotopic (exact) mass is 472 g/mol. The summed E-state index contributed by atoms with van der Waals surface area (Å²) < 4.78 is 27.0. The summed E-state index contributed by atoms with van der Waals surface area (Å²) in [6.07, 6.45) is 12.5. The molecule has 0 bridgehead atoms. The van der Waals surface area contributed by atoms with Gasteiger partial charge in [0.1, 0.15) is 0 Å². The molecule has 1 aromatic carbocycles. The van der Waals surface area contributed by atoms with Crippen LogP contribution in [0.5, 0.6) is 0 Å². The first kappa shape index (κ1) is 26.7. The van der Waals surface area contributed by atoms with Gasteiger partial charge in [0.05, 0.1) is 10.1 Å². The number of rotatable bonds is 10. The van der Waals surface area contributed by atoms with Gasteiger partial charge in [-0.15, -0.1) is 0 Å². The van der Waals surface area contributed by atoms with E-state index in [-0.39, 0.29) is 5.41 Å². The van der Waals surface area contributed by atoms with Gasteiger partial charge in [-0.1, -0.05) is 80.0 Å². The van der Waals surface area contributed by atoms with Crippen molar-refractivity contribution in [3.63, 3.8) is 0 Å². The van der Waals surface area contributed by atoms with E-state index in [1.807, 2.05) is 37.8 Å². The SMILES string of the molecule is CCSC/C=C(\C)CC(/C=C(C)/C=C/C1=C(C)CCCC1(C)C)S(=O)(=O)c1ccccc1. The summed E-state index contributed by atoms with van der Waals surface area (Å²) >= 11 is 1.85. The number of hydrogen-bond acceptors (Lipinski definition) is 3. The summed E-state index contributed by atoms with van der Waals surface area (Å²) in [6.45, 7) is 13.0. The largest absolute Gasteiger partial charge is 0.223 e. The Kier molecular flexibility index (Phi) is 10.1. The maximum Gasteiger partial charge on any atom is 0.185 e. The van der Waals surface area contributed by atoms with E-state index in [4.69, 9.17) is 0 Å². The summed E-state index contributed by atoms with van der Waals surface area (Å²) in [7, 11) is -3.47. The lowest BCUT2D eigenvalue weighted by atomic mass is 9.72. The van der Waals surface area contributed by atoms with E-state index in [1.54, 1.807) is 24.3 Å². The van der Waals surface area contributed by atoms with E-state index in [0.717, 1.165) is 29.1 Å². The fraction of sp³-hybridized carbons (Fsp3) is 0.500. The Bertz CT molecular complexity index is 978. The molecular formula is C28H40O2S2. The Labute approximate surface area is 200 Å². The molecule has 0 heterocycles. The van der Waals surface area contributed by atoms with Crippen LogP contribution in [0.15, 0.2) is 81.8 Å². The molecule has 1 unspecified atom stereocenters. The molecule has 176 valence electrons. The second kappa shape index (κ2) is 12.1. The van der Waals surface area contributed by atoms with E-state index in [1.165, 1.54) is 24.0 Å². The highest BCUT2D eigenvalue weighted by Crippen LogP contribution is 2.40. The zero-order valence-corrected chi connectivity index (χ0v) is 22.3. The minimum Gasteiger partial charge on any atom is -0.223 e. The Hall–Kier alpha value is -1.52. The average molecular weight is 473 g/mol. The normalized spacial score (nSPS) is 18.9. The molecule has 1 aliphatic carbocycles. The van der Waals surface area contributed by atoms with Crippen molar-refractivity contribution in [3.05, 3.63) is 76.9 Å². The molecule has 0 aromatic heterocycles. The molecule has 1 aromatic rings. The van der Waals surface area contributed by atoms with Gasteiger partial charge in [-0.2, -0.15) is 11.8 Å². The van der Waals surface area contributed by atoms with Gasteiger partial charge < -0.3 is 0 Å². The summed E-state index contributed by atoms with van der Waals surface area (Å²) in [6, 6.07) is 8.84. The molecule has 2 nitrogen and oxygen atoms in total. The molecule has 0 fully saturated rings. The molecule has 0 spiro atoms. The zero-order valence-electron chi connectivity index (χ0n) is 20.6. The van der Waals surface area contributed by atoms with E-state index >= 15 is 0 Å². The standard InChI is InChI=1S/C28H40O2S2/c1-7-31-19-17-23(3)21-26(32(29,30)25-13-9-8-10-14-25)20-22(2)15-16-27-24(4)12-11-18-28(27,5)6/h8-10,13-17,20,26H,7,11-12,18-19,21H2,1-6H3/b16-15+,22-20+,23-17+. The van der Waals surface area contributed by atoms with Crippen molar-refractivity contribution >= 4 is 21.6 Å². The van der Waals surface area contributed by atoms with Crippen LogP contribution in [0.3, 0.4) is 0 Å². The highest BCUT2D eigenvalue weighted by atomic mass is 32.2. The van der Waals surface area contributed by atoms with Crippen LogP contribution in [0.25, 0.3) is 0 Å². The third kappa shape index (κ3) is 7.52. The van der Waals surface area contributed by atoms with Gasteiger partial charge in [-0.05, 0) is 75.3 Å². The molecule has 0 N–H and O–H groups in total. The summed E-state index contributed by atoms with van der Waals surface area (Å²) in [5, 5.41) is -0.577. The fourth-order valence-corrected chi connectivity index (χ4v) is 6.74. The first-order valence-corrected chi connectivity index (χ1v) is 14.4. The topological polar surface area (TPSA) is 34.1 Å². The maximum absolute atomic E-state index is 13.5. The van der Waals surface area contributed by atoms with Gasteiger partial charge in [-0.3, -0.25) is 0 Å². The van der Waals surface area contributed by atoms with Crippen molar-refractivity contribution in [2.75, 3.05) is 11.5 Å². The predicted octanol–water partition coefficient (Wildman–Crippen LogP) is 7.95. The van der Waals surface area contributed by atoms with Crippen LogP contribution in [0.1, 0.15) is 67.2 Å². The predicted molar refractivity (Wildman–Crippen MR) is 142 cm³/mol. The van der Waals surface area contributed by atoms with Crippen LogP contribution in [0, 0.1) is 5.41 Å². The maximum atomic E-state index is 13.5. The van der Waals surface area contributed by atoms with E-state index in [0.29, 0.717) is 11.3 Å². The van der Waals surface area contributed by atoms with Gasteiger partial charge in [0.2, 0.25) is 0 Å². The molecule has 0 amide bonds. The van der Waals surface area contributed by atoms with Crippen molar-refractivity contribution in [3.8, 4) is 0 Å². The highest BCUT2D eigenvalue weighted by molar-refractivity contribution is 7.99. The van der Waals surface area contributed by atoms with Crippen molar-refractivity contribution in [1.29, 1.82) is 0 Å². The number of sulfone groups is 1. The molecule has 0 saturated carbocycles. The van der Waals surface area contributed by atoms with Crippen LogP contribution in [0.2, 0.25) is 0 Å². The van der Waals surface area contributed by atoms with Crippen molar-refractivity contribution in [2.45, 2.75) is 77.4 Å². The molecule has 1 aliphatic rings. The fourth-order valence-electron chi connectivity index (χ4n) is 4.34. The Morgan fingerprint density at radius 1 is 1.19 bits per heavy atom. The highest BCUT2D eigenvalue weighted by Gasteiger charge is 2.27.